The van der Waals surface area contributed by atoms with E-state index in [2.05, 4.69) is 63.3 Å². The average Bonchev–Trinajstić information content (AvgIpc) is 3.12. The first kappa shape index (κ1) is 47.3. The number of hydrogen-bond donors (Lipinski definition) is 0. The summed E-state index contributed by atoms with van der Waals surface area (Å²) in [4.78, 5) is 37.4. The highest BCUT2D eigenvalue weighted by Crippen LogP contribution is 2.11. The van der Waals surface area contributed by atoms with Crippen LogP contribution >= 0.6 is 0 Å². The first-order chi connectivity index (χ1) is 25.0. The summed E-state index contributed by atoms with van der Waals surface area (Å²) in [6, 6.07) is 0. The number of esters is 3. The van der Waals surface area contributed by atoms with E-state index in [4.69, 9.17) is 14.2 Å². The third-order valence-corrected chi connectivity index (χ3v) is 7.68. The Morgan fingerprint density at radius 2 is 0.882 bits per heavy atom. The van der Waals surface area contributed by atoms with Crippen LogP contribution < -0.4 is 0 Å². The lowest BCUT2D eigenvalue weighted by molar-refractivity contribution is -0.167. The molecule has 0 heterocycles. The normalized spacial score (nSPS) is 13.1. The van der Waals surface area contributed by atoms with E-state index in [1.807, 2.05) is 54.7 Å². The van der Waals surface area contributed by atoms with Crippen LogP contribution in [-0.4, -0.2) is 37.2 Å². The van der Waals surface area contributed by atoms with Crippen molar-refractivity contribution in [3.63, 3.8) is 0 Å². The molecule has 6 nitrogen and oxygen atoms in total. The van der Waals surface area contributed by atoms with E-state index in [0.717, 1.165) is 83.5 Å². The van der Waals surface area contributed by atoms with Gasteiger partial charge in [0.1, 0.15) is 13.2 Å². The van der Waals surface area contributed by atoms with E-state index in [9.17, 15) is 14.4 Å². The molecule has 0 saturated heterocycles. The molecule has 0 amide bonds. The molecule has 1 unspecified atom stereocenters. The zero-order valence-electron chi connectivity index (χ0n) is 32.3. The first-order valence-electron chi connectivity index (χ1n) is 19.8. The SMILES string of the molecule is CC\C=C/C=C\C=C/C=C\C=C/CCCC(=O)OCC(COC(=O)CCCC/C=C\C/C=C\CC)OC(=O)CCCCCCC/C=C\CCCC. The van der Waals surface area contributed by atoms with Crippen LogP contribution in [-0.2, 0) is 28.6 Å². The van der Waals surface area contributed by atoms with Gasteiger partial charge in [0.05, 0.1) is 0 Å². The van der Waals surface area contributed by atoms with Crippen molar-refractivity contribution in [1.82, 2.24) is 0 Å². The van der Waals surface area contributed by atoms with Crippen molar-refractivity contribution in [3.8, 4) is 0 Å². The van der Waals surface area contributed by atoms with Crippen LogP contribution in [0.15, 0.2) is 97.2 Å². The lowest BCUT2D eigenvalue weighted by atomic mass is 10.1. The lowest BCUT2D eigenvalue weighted by Crippen LogP contribution is -2.30. The molecule has 0 aromatic carbocycles. The van der Waals surface area contributed by atoms with Gasteiger partial charge in [0, 0.05) is 19.3 Å². The number of carbonyl (C=O) groups is 3. The molecular formula is C45H70O6. The molecule has 6 heteroatoms. The minimum Gasteiger partial charge on any atom is -0.462 e. The second-order valence-electron chi connectivity index (χ2n) is 12.5. The van der Waals surface area contributed by atoms with E-state index in [1.165, 1.54) is 19.3 Å². The molecule has 0 saturated carbocycles. The molecule has 0 N–H and O–H groups in total. The Morgan fingerprint density at radius 1 is 0.431 bits per heavy atom. The molecule has 286 valence electrons. The van der Waals surface area contributed by atoms with Gasteiger partial charge in [-0.2, -0.15) is 0 Å². The van der Waals surface area contributed by atoms with Gasteiger partial charge in [-0.3, -0.25) is 14.4 Å². The Kier molecular flexibility index (Phi) is 36.3. The van der Waals surface area contributed by atoms with Crippen molar-refractivity contribution in [3.05, 3.63) is 97.2 Å². The highest BCUT2D eigenvalue weighted by Gasteiger charge is 2.19. The number of carbonyl (C=O) groups excluding carboxylic acids is 3. The van der Waals surface area contributed by atoms with E-state index < -0.39 is 6.10 Å². The van der Waals surface area contributed by atoms with Gasteiger partial charge in [-0.05, 0) is 77.0 Å². The van der Waals surface area contributed by atoms with Crippen LogP contribution in [0.3, 0.4) is 0 Å². The second kappa shape index (κ2) is 39.1. The van der Waals surface area contributed by atoms with Crippen LogP contribution in [0.2, 0.25) is 0 Å². The van der Waals surface area contributed by atoms with Crippen molar-refractivity contribution in [2.75, 3.05) is 13.2 Å². The van der Waals surface area contributed by atoms with Crippen LogP contribution in [0.5, 0.6) is 0 Å². The number of hydrogen-bond acceptors (Lipinski definition) is 6. The summed E-state index contributed by atoms with van der Waals surface area (Å²) < 4.78 is 16.5. The van der Waals surface area contributed by atoms with Gasteiger partial charge in [-0.25, -0.2) is 0 Å². The number of unbranched alkanes of at least 4 members (excludes halogenated alkanes) is 10. The molecule has 0 aromatic rings. The molecule has 0 fully saturated rings. The van der Waals surface area contributed by atoms with Gasteiger partial charge < -0.3 is 14.2 Å². The average molecular weight is 707 g/mol. The first-order valence-corrected chi connectivity index (χ1v) is 19.8. The topological polar surface area (TPSA) is 78.9 Å². The molecule has 1 atom stereocenters. The Labute approximate surface area is 311 Å². The van der Waals surface area contributed by atoms with Gasteiger partial charge in [-0.15, -0.1) is 0 Å². The zero-order valence-corrected chi connectivity index (χ0v) is 32.3. The van der Waals surface area contributed by atoms with Crippen LogP contribution in [0.4, 0.5) is 0 Å². The second-order valence-corrected chi connectivity index (χ2v) is 12.5. The molecule has 51 heavy (non-hydrogen) atoms. The predicted octanol–water partition coefficient (Wildman–Crippen LogP) is 12.3. The number of ether oxygens (including phenoxy) is 3. The fourth-order valence-corrected chi connectivity index (χ4v) is 4.72. The maximum absolute atomic E-state index is 12.6. The summed E-state index contributed by atoms with van der Waals surface area (Å²) in [6.07, 6.45) is 49.8. The molecule has 0 aliphatic heterocycles. The van der Waals surface area contributed by atoms with Crippen LogP contribution in [0, 0.1) is 0 Å². The summed E-state index contributed by atoms with van der Waals surface area (Å²) in [6.45, 7) is 6.17. The molecular weight excluding hydrogens is 636 g/mol. The minimum atomic E-state index is -0.820. The van der Waals surface area contributed by atoms with Crippen molar-refractivity contribution < 1.29 is 28.6 Å². The largest absolute Gasteiger partial charge is 0.462 e. The van der Waals surface area contributed by atoms with E-state index in [0.29, 0.717) is 19.3 Å². The Morgan fingerprint density at radius 3 is 1.53 bits per heavy atom. The van der Waals surface area contributed by atoms with Crippen molar-refractivity contribution in [2.45, 2.75) is 155 Å². The molecule has 0 rings (SSSR count). The highest BCUT2D eigenvalue weighted by atomic mass is 16.6. The Balaban J connectivity index is 4.58. The number of allylic oxidation sites excluding steroid dienone is 16. The maximum Gasteiger partial charge on any atom is 0.306 e. The summed E-state index contributed by atoms with van der Waals surface area (Å²) in [5, 5.41) is 0. The van der Waals surface area contributed by atoms with Crippen molar-refractivity contribution in [1.29, 1.82) is 0 Å². The van der Waals surface area contributed by atoms with Gasteiger partial charge in [0.2, 0.25) is 0 Å². The van der Waals surface area contributed by atoms with E-state index in [1.54, 1.807) is 0 Å². The Hall–Kier alpha value is -3.67. The third kappa shape index (κ3) is 37.4. The molecule has 0 spiro atoms. The molecule has 0 radical (unpaired) electrons. The highest BCUT2D eigenvalue weighted by molar-refractivity contribution is 5.71. The lowest BCUT2D eigenvalue weighted by Gasteiger charge is -2.18. The zero-order chi connectivity index (χ0) is 37.3. The Bertz CT molecular complexity index is 1090. The third-order valence-electron chi connectivity index (χ3n) is 7.68. The summed E-state index contributed by atoms with van der Waals surface area (Å²) in [5.74, 6) is -1.06. The molecule has 0 aromatic heterocycles. The smallest absolute Gasteiger partial charge is 0.306 e. The molecule has 0 aliphatic rings. The minimum absolute atomic E-state index is 0.123. The van der Waals surface area contributed by atoms with Gasteiger partial charge >= 0.3 is 17.9 Å². The summed E-state index contributed by atoms with van der Waals surface area (Å²) in [5.41, 5.74) is 0. The standard InChI is InChI=1S/C45H70O6/c1-4-7-10-13-16-19-21-22-24-26-29-32-35-38-44(47)50-41-42(40-49-43(46)37-34-31-28-25-18-15-12-9-6-3)51-45(48)39-36-33-30-27-23-20-17-14-11-8-5-2/h7,9-10,12-14,16-19,21-22,24-26,29,42H,4-6,8,11,15,20,23,27-28,30-41H2,1-3H3/b10-7-,12-9-,16-13-,17-14-,21-19-,24-22-,25-18-,29-26-. The maximum atomic E-state index is 12.6. The monoisotopic (exact) mass is 707 g/mol. The molecule has 0 aliphatic carbocycles. The van der Waals surface area contributed by atoms with E-state index in [-0.39, 0.29) is 37.5 Å². The van der Waals surface area contributed by atoms with E-state index >= 15 is 0 Å². The summed E-state index contributed by atoms with van der Waals surface area (Å²) in [7, 11) is 0. The van der Waals surface area contributed by atoms with Gasteiger partial charge in [0.15, 0.2) is 6.10 Å². The quantitative estimate of drug-likeness (QED) is 0.0222. The van der Waals surface area contributed by atoms with Gasteiger partial charge in [-0.1, -0.05) is 150 Å². The van der Waals surface area contributed by atoms with Crippen molar-refractivity contribution in [2.24, 2.45) is 0 Å². The van der Waals surface area contributed by atoms with Crippen LogP contribution in [0.25, 0.3) is 0 Å². The fraction of sp³-hybridized carbons (Fsp3) is 0.578. The predicted molar refractivity (Wildman–Crippen MR) is 214 cm³/mol. The van der Waals surface area contributed by atoms with Gasteiger partial charge in [0.25, 0.3) is 0 Å². The van der Waals surface area contributed by atoms with Crippen molar-refractivity contribution >= 4 is 17.9 Å². The number of rotatable bonds is 33. The molecule has 0 bridgehead atoms. The fourth-order valence-electron chi connectivity index (χ4n) is 4.72. The summed E-state index contributed by atoms with van der Waals surface area (Å²) >= 11 is 0. The van der Waals surface area contributed by atoms with Crippen LogP contribution in [0.1, 0.15) is 149 Å².